The summed E-state index contributed by atoms with van der Waals surface area (Å²) in [6, 6.07) is 8.96. The largest absolute Gasteiger partial charge is 0.496 e. The number of aromatic nitrogens is 2. The van der Waals surface area contributed by atoms with Crippen molar-refractivity contribution in [3.05, 3.63) is 70.0 Å². The van der Waals surface area contributed by atoms with Gasteiger partial charge in [0, 0.05) is 18.2 Å². The Labute approximate surface area is 199 Å². The van der Waals surface area contributed by atoms with Gasteiger partial charge in [0.15, 0.2) is 0 Å². The summed E-state index contributed by atoms with van der Waals surface area (Å²) in [6.07, 6.45) is -1.41. The summed E-state index contributed by atoms with van der Waals surface area (Å²) >= 11 is 5.84. The summed E-state index contributed by atoms with van der Waals surface area (Å²) in [5.41, 5.74) is 1.95. The van der Waals surface area contributed by atoms with Gasteiger partial charge in [0.1, 0.15) is 17.9 Å². The van der Waals surface area contributed by atoms with Gasteiger partial charge in [-0.3, -0.25) is 0 Å². The lowest BCUT2D eigenvalue weighted by molar-refractivity contribution is -0.137. The molecular weight excluding hydrogens is 471 g/mol. The molecule has 3 aromatic rings. The third kappa shape index (κ3) is 5.96. The highest BCUT2D eigenvalue weighted by Gasteiger charge is 2.34. The quantitative estimate of drug-likeness (QED) is 0.373. The first-order valence-corrected chi connectivity index (χ1v) is 10.9. The topological polar surface area (TPSA) is 84.3 Å². The first kappa shape index (κ1) is 25.3. The molecule has 0 fully saturated rings. The Morgan fingerprint density at radius 3 is 2.53 bits per heavy atom. The van der Waals surface area contributed by atoms with Gasteiger partial charge in [-0.05, 0) is 48.2 Å². The molecule has 0 aliphatic carbocycles. The summed E-state index contributed by atoms with van der Waals surface area (Å²) in [5.74, 6) is -0.357. The lowest BCUT2D eigenvalue weighted by Crippen LogP contribution is -2.10. The van der Waals surface area contributed by atoms with Crippen molar-refractivity contribution in [2.75, 3.05) is 19.0 Å². The van der Waals surface area contributed by atoms with Crippen molar-refractivity contribution < 1.29 is 27.8 Å². The number of carboxylic acids is 1. The number of nitrogens with zero attached hydrogens (tertiary/aromatic N) is 2. The average Bonchev–Trinajstić information content (AvgIpc) is 2.78. The highest BCUT2D eigenvalue weighted by Crippen LogP contribution is 2.38. The number of methoxy groups -OCH3 is 1. The van der Waals surface area contributed by atoms with Crippen LogP contribution in [0.5, 0.6) is 5.75 Å². The van der Waals surface area contributed by atoms with Crippen molar-refractivity contribution in [1.82, 2.24) is 9.97 Å². The van der Waals surface area contributed by atoms with Crippen LogP contribution in [-0.4, -0.2) is 34.7 Å². The number of nitrogens with one attached hydrogen (secondary N) is 1. The van der Waals surface area contributed by atoms with Crippen molar-refractivity contribution in [1.29, 1.82) is 0 Å². The molecule has 0 aliphatic heterocycles. The third-order valence-corrected chi connectivity index (χ3v) is 5.51. The Morgan fingerprint density at radius 1 is 1.12 bits per heavy atom. The Morgan fingerprint density at radius 2 is 1.88 bits per heavy atom. The molecule has 0 saturated carbocycles. The second-order valence-electron chi connectivity index (χ2n) is 7.53. The molecule has 6 nitrogen and oxygen atoms in total. The molecule has 2 aromatic carbocycles. The van der Waals surface area contributed by atoms with E-state index in [1.165, 1.54) is 19.5 Å². The Hall–Kier alpha value is -3.33. The van der Waals surface area contributed by atoms with Crippen LogP contribution in [0.4, 0.5) is 19.0 Å². The second kappa shape index (κ2) is 10.7. The van der Waals surface area contributed by atoms with Crippen LogP contribution in [0, 0.1) is 0 Å². The molecule has 0 amide bonds. The first-order valence-electron chi connectivity index (χ1n) is 10.5. The highest BCUT2D eigenvalue weighted by molar-refractivity contribution is 6.31. The van der Waals surface area contributed by atoms with E-state index in [1.54, 1.807) is 18.2 Å². The molecule has 0 unspecified atom stereocenters. The molecule has 180 valence electrons. The Bertz CT molecular complexity index is 1190. The number of alkyl halides is 3. The van der Waals surface area contributed by atoms with Gasteiger partial charge in [-0.2, -0.15) is 13.2 Å². The van der Waals surface area contributed by atoms with Crippen LogP contribution in [0.1, 0.15) is 40.4 Å². The van der Waals surface area contributed by atoms with Crippen molar-refractivity contribution in [3.63, 3.8) is 0 Å². The van der Waals surface area contributed by atoms with E-state index in [2.05, 4.69) is 15.3 Å². The number of anilines is 1. The van der Waals surface area contributed by atoms with Gasteiger partial charge in [0.25, 0.3) is 0 Å². The number of ether oxygens (including phenoxy) is 1. The number of aryl methyl sites for hydroxylation is 1. The number of halogens is 4. The van der Waals surface area contributed by atoms with E-state index in [-0.39, 0.29) is 16.3 Å². The van der Waals surface area contributed by atoms with Crippen molar-refractivity contribution >= 4 is 23.4 Å². The molecule has 0 atom stereocenters. The van der Waals surface area contributed by atoms with Gasteiger partial charge in [-0.15, -0.1) is 0 Å². The molecule has 1 heterocycles. The maximum absolute atomic E-state index is 13.1. The highest BCUT2D eigenvalue weighted by atomic mass is 35.5. The predicted molar refractivity (Wildman–Crippen MR) is 124 cm³/mol. The van der Waals surface area contributed by atoms with E-state index in [0.717, 1.165) is 23.6 Å². The Kier molecular flexibility index (Phi) is 7.98. The molecule has 10 heteroatoms. The van der Waals surface area contributed by atoms with Crippen molar-refractivity contribution in [2.45, 2.75) is 32.4 Å². The van der Waals surface area contributed by atoms with E-state index < -0.39 is 17.7 Å². The maximum Gasteiger partial charge on any atom is 0.417 e. The number of hydrogen-bond acceptors (Lipinski definition) is 5. The van der Waals surface area contributed by atoms with Crippen LogP contribution in [0.15, 0.2) is 42.7 Å². The summed E-state index contributed by atoms with van der Waals surface area (Å²) < 4.78 is 44.4. The van der Waals surface area contributed by atoms with Gasteiger partial charge in [-0.25, -0.2) is 14.8 Å². The van der Waals surface area contributed by atoms with E-state index in [1.807, 2.05) is 13.0 Å². The summed E-state index contributed by atoms with van der Waals surface area (Å²) in [4.78, 5) is 19.9. The first-order chi connectivity index (χ1) is 16.1. The zero-order valence-electron chi connectivity index (χ0n) is 18.5. The van der Waals surface area contributed by atoms with E-state index in [4.69, 9.17) is 16.3 Å². The summed E-state index contributed by atoms with van der Waals surface area (Å²) in [6.45, 7) is 2.33. The number of carbonyl (C=O) groups is 1. The zero-order chi connectivity index (χ0) is 24.9. The van der Waals surface area contributed by atoms with E-state index in [9.17, 15) is 23.1 Å². The maximum atomic E-state index is 13.1. The zero-order valence-corrected chi connectivity index (χ0v) is 19.3. The van der Waals surface area contributed by atoms with Gasteiger partial charge in [0.2, 0.25) is 0 Å². The predicted octanol–water partition coefficient (Wildman–Crippen LogP) is 6.13. The van der Waals surface area contributed by atoms with Crippen LogP contribution in [0.3, 0.4) is 0 Å². The lowest BCUT2D eigenvalue weighted by Gasteiger charge is -2.15. The van der Waals surface area contributed by atoms with Gasteiger partial charge < -0.3 is 15.2 Å². The molecule has 0 saturated heterocycles. The van der Waals surface area contributed by atoms with E-state index in [0.29, 0.717) is 36.5 Å². The SMILES string of the molecule is CCCc1cc(-c2cc(NCCc3cc(Cl)c(C(F)(F)F)cc3OC)ncn2)ccc1C(=O)O. The number of hydrogen-bond donors (Lipinski definition) is 2. The van der Waals surface area contributed by atoms with E-state index >= 15 is 0 Å². The molecule has 34 heavy (non-hydrogen) atoms. The van der Waals surface area contributed by atoms with Crippen molar-refractivity contribution in [3.8, 4) is 17.0 Å². The van der Waals surface area contributed by atoms with Crippen LogP contribution >= 0.6 is 11.6 Å². The molecule has 3 rings (SSSR count). The fraction of sp³-hybridized carbons (Fsp3) is 0.292. The van der Waals surface area contributed by atoms with Crippen LogP contribution in [0.2, 0.25) is 5.02 Å². The fourth-order valence-electron chi connectivity index (χ4n) is 3.57. The third-order valence-electron chi connectivity index (χ3n) is 5.19. The number of rotatable bonds is 9. The summed E-state index contributed by atoms with van der Waals surface area (Å²) in [7, 11) is 1.31. The second-order valence-corrected chi connectivity index (χ2v) is 7.94. The minimum Gasteiger partial charge on any atom is -0.496 e. The molecule has 1 aromatic heterocycles. The number of aromatic carboxylic acids is 1. The normalized spacial score (nSPS) is 11.4. The van der Waals surface area contributed by atoms with Crippen LogP contribution < -0.4 is 10.1 Å². The molecule has 0 spiro atoms. The molecule has 2 N–H and O–H groups in total. The molecule has 0 bridgehead atoms. The van der Waals surface area contributed by atoms with Gasteiger partial charge in [-0.1, -0.05) is 31.0 Å². The lowest BCUT2D eigenvalue weighted by atomic mass is 9.98. The monoisotopic (exact) mass is 493 g/mol. The minimum atomic E-state index is -4.57. The fourth-order valence-corrected chi connectivity index (χ4v) is 3.87. The molecular formula is C24H23ClF3N3O3. The number of carboxylic acid groups (broad SMARTS) is 1. The van der Waals surface area contributed by atoms with Gasteiger partial charge >= 0.3 is 12.1 Å². The van der Waals surface area contributed by atoms with Crippen molar-refractivity contribution in [2.24, 2.45) is 0 Å². The van der Waals surface area contributed by atoms with Crippen LogP contribution in [-0.2, 0) is 19.0 Å². The number of benzene rings is 2. The molecule has 0 radical (unpaired) electrons. The summed E-state index contributed by atoms with van der Waals surface area (Å²) in [5, 5.41) is 12.1. The standard InChI is InChI=1S/C24H23ClF3N3O3/c1-3-4-14-9-15(5-6-17(14)23(32)33)20-12-22(31-13-30-20)29-8-7-16-10-19(25)18(24(26,27)28)11-21(16)34-2/h5-6,9-13H,3-4,7-8H2,1-2H3,(H,32,33)(H,29,30,31). The smallest absolute Gasteiger partial charge is 0.417 e. The van der Waals surface area contributed by atoms with Crippen LogP contribution in [0.25, 0.3) is 11.3 Å². The Balaban J connectivity index is 1.76. The molecule has 0 aliphatic rings. The minimum absolute atomic E-state index is 0.101. The average molecular weight is 494 g/mol. The van der Waals surface area contributed by atoms with Gasteiger partial charge in [0.05, 0.1) is 29.0 Å².